The number of aliphatic carboxylic acids is 2. The van der Waals surface area contributed by atoms with Crippen LogP contribution in [0.25, 0.3) is 0 Å². The van der Waals surface area contributed by atoms with Gasteiger partial charge in [-0.15, -0.1) is 0 Å². The molecule has 692 valence electrons. The minimum Gasteiger partial charge on any atom is -0.481 e. The smallest absolute Gasteiger partial charge is 0.411 e. The second-order valence-corrected chi connectivity index (χ2v) is 36.5. The van der Waals surface area contributed by atoms with Gasteiger partial charge in [0, 0.05) is 86.7 Å². The van der Waals surface area contributed by atoms with Gasteiger partial charge in [0.1, 0.15) is 30.0 Å². The third-order valence-corrected chi connectivity index (χ3v) is 23.5. The normalized spacial score (nSPS) is 18.7. The molecule has 128 heavy (non-hydrogen) atoms. The summed E-state index contributed by atoms with van der Waals surface area (Å²) in [5.41, 5.74) is -1.68. The van der Waals surface area contributed by atoms with Crippen LogP contribution < -0.4 is 10.6 Å². The Hall–Kier alpha value is -11.5. The highest BCUT2D eigenvalue weighted by molar-refractivity contribution is 5.95. The quantitative estimate of drug-likeness (QED) is 0.0217. The van der Waals surface area contributed by atoms with Crippen molar-refractivity contribution in [3.63, 3.8) is 0 Å². The molecule has 5 aliphatic carbocycles. The van der Waals surface area contributed by atoms with E-state index in [4.69, 9.17) is 28.8 Å². The molecule has 5 saturated carbocycles. The first-order valence-electron chi connectivity index (χ1n) is 42.3. The van der Waals surface area contributed by atoms with Crippen LogP contribution in [0, 0.1) is 0 Å². The molecule has 20 nitrogen and oxygen atoms in total. The number of nitrogens with one attached hydrogen (secondary N) is 2. The van der Waals surface area contributed by atoms with Crippen LogP contribution in [0.3, 0.4) is 0 Å². The van der Waals surface area contributed by atoms with Crippen LogP contribution in [0.15, 0.2) is 182 Å². The number of carbonyl (C=O) groups excluding carboxylic acids is 7. The molecule has 5 aliphatic rings. The summed E-state index contributed by atoms with van der Waals surface area (Å²) in [7, 11) is 0. The number of amides is 2. The van der Waals surface area contributed by atoms with Gasteiger partial charge < -0.3 is 39.0 Å². The number of alkyl halides is 10. The van der Waals surface area contributed by atoms with Crippen LogP contribution in [-0.4, -0.2) is 121 Å². The predicted octanol–water partition coefficient (Wildman–Crippen LogP) is 23.5. The van der Waals surface area contributed by atoms with E-state index in [0.717, 1.165) is 11.1 Å². The molecule has 0 radical (unpaired) electrons. The predicted molar refractivity (Wildman–Crippen MR) is 458 cm³/mol. The molecule has 5 N–H and O–H groups in total. The zero-order chi connectivity index (χ0) is 94.9. The van der Waals surface area contributed by atoms with Crippen molar-refractivity contribution in [2.45, 2.75) is 291 Å². The highest BCUT2D eigenvalue weighted by Crippen LogP contribution is 2.52. The van der Waals surface area contributed by atoms with Crippen LogP contribution in [0.4, 0.5) is 64.9 Å². The molecule has 0 bridgehead atoms. The van der Waals surface area contributed by atoms with E-state index in [-0.39, 0.29) is 120 Å². The number of esters is 3. The van der Waals surface area contributed by atoms with E-state index in [2.05, 4.69) is 10.6 Å². The van der Waals surface area contributed by atoms with E-state index >= 15 is 0 Å². The van der Waals surface area contributed by atoms with Crippen LogP contribution >= 0.6 is 0 Å². The summed E-state index contributed by atoms with van der Waals surface area (Å²) < 4.78 is 163. The molecular formula is C98H112F10N2O18. The largest absolute Gasteiger partial charge is 0.481 e. The number of hydrogen-bond acceptors (Lipinski definition) is 15. The number of halogens is 10. The van der Waals surface area contributed by atoms with Gasteiger partial charge >= 0.3 is 48.0 Å². The van der Waals surface area contributed by atoms with Crippen molar-refractivity contribution in [1.82, 2.24) is 0 Å². The molecule has 30 heteroatoms. The van der Waals surface area contributed by atoms with Crippen LogP contribution in [-0.2, 0) is 87.9 Å². The van der Waals surface area contributed by atoms with E-state index in [9.17, 15) is 102 Å². The molecular weight excluding hydrogens is 1680 g/mol. The van der Waals surface area contributed by atoms with Crippen molar-refractivity contribution in [3.05, 3.63) is 238 Å². The van der Waals surface area contributed by atoms with E-state index in [1.807, 2.05) is 60.7 Å². The fourth-order valence-electron chi connectivity index (χ4n) is 15.9. The second kappa shape index (κ2) is 41.3. The highest BCUT2D eigenvalue weighted by atomic mass is 19.3. The summed E-state index contributed by atoms with van der Waals surface area (Å²) >= 11 is 0. The number of anilines is 2. The van der Waals surface area contributed by atoms with E-state index in [0.29, 0.717) is 50.3 Å². The SMILES string of the molecule is CC(=O)c1ccc(C2(C(=O)O)CCC(F)(F)CC2)cc1.CC(=O)c1ccc(C2(C(=O)OC(C)(C)C)CCC(F)(F)CC2)cc1.CC(C)(C)OC(=O)C1(c2ccc(C(=O)O)cc2)CCC(F)(F)CC1.CC(C)(C)OC(=O)C1(c2ccc(NC(=O)OCc3ccccc3)cc2)CCC(F)(F)CC1.O=C(Nc1ccc(C2(C(=O)O)CCC(F)(F)CC2)cc1)OCc1ccccc1. The second-order valence-electron chi connectivity index (χ2n) is 36.5. The first kappa shape index (κ1) is 102. The number of hydrogen-bond donors (Lipinski definition) is 5. The Labute approximate surface area is 738 Å². The maximum absolute atomic E-state index is 13.9. The lowest BCUT2D eigenvalue weighted by molar-refractivity contribution is -0.168. The van der Waals surface area contributed by atoms with Gasteiger partial charge in [-0.05, 0) is 216 Å². The maximum Gasteiger partial charge on any atom is 0.411 e. The lowest BCUT2D eigenvalue weighted by atomic mass is 9.68. The van der Waals surface area contributed by atoms with Crippen molar-refractivity contribution >= 4 is 70.9 Å². The van der Waals surface area contributed by atoms with E-state index in [1.165, 1.54) is 38.1 Å². The Bertz CT molecular complexity index is 4850. The number of carboxylic acid groups (broad SMARTS) is 3. The van der Waals surface area contributed by atoms with Crippen molar-refractivity contribution < 1.29 is 131 Å². The first-order valence-corrected chi connectivity index (χ1v) is 42.3. The van der Waals surface area contributed by atoms with Gasteiger partial charge in [0.25, 0.3) is 0 Å². The number of ketones is 2. The molecule has 5 fully saturated rings. The van der Waals surface area contributed by atoms with Crippen molar-refractivity contribution in [1.29, 1.82) is 0 Å². The number of carbonyl (C=O) groups is 10. The molecule has 12 rings (SSSR count). The summed E-state index contributed by atoms with van der Waals surface area (Å²) in [6, 6.07) is 50.1. The van der Waals surface area contributed by atoms with Gasteiger partial charge in [-0.1, -0.05) is 146 Å². The van der Waals surface area contributed by atoms with E-state index < -0.39 is 160 Å². The number of benzene rings is 7. The van der Waals surface area contributed by atoms with Gasteiger partial charge in [0.05, 0.1) is 32.6 Å². The molecule has 0 aliphatic heterocycles. The van der Waals surface area contributed by atoms with Gasteiger partial charge in [-0.2, -0.15) is 0 Å². The molecule has 7 aromatic carbocycles. The monoisotopic (exact) mass is 1790 g/mol. The number of carboxylic acids is 3. The molecule has 2 amide bonds. The fourth-order valence-corrected chi connectivity index (χ4v) is 15.9. The number of aromatic carboxylic acids is 1. The average molecular weight is 1800 g/mol. The molecule has 0 unspecified atom stereocenters. The number of Topliss-reactive ketones (excluding diaryl/α,β-unsaturated/α-hetero) is 2. The van der Waals surface area contributed by atoms with Crippen molar-refractivity contribution in [3.8, 4) is 0 Å². The zero-order valence-electron chi connectivity index (χ0n) is 73.6. The summed E-state index contributed by atoms with van der Waals surface area (Å²) in [5.74, 6) is -18.9. The third kappa shape index (κ3) is 28.0. The van der Waals surface area contributed by atoms with Crippen LogP contribution in [0.1, 0.15) is 275 Å². The lowest BCUT2D eigenvalue weighted by Crippen LogP contribution is -2.46. The molecule has 0 aromatic heterocycles. The lowest BCUT2D eigenvalue weighted by Gasteiger charge is -2.40. The first-order chi connectivity index (χ1) is 59.5. The Balaban J connectivity index is 0.000000199. The fraction of sp³-hybridized carbons (Fsp3) is 0.469. The minimum absolute atomic E-state index is 0.000799. The molecule has 0 saturated heterocycles. The van der Waals surface area contributed by atoms with Gasteiger partial charge in [0.2, 0.25) is 29.6 Å². The van der Waals surface area contributed by atoms with Gasteiger partial charge in [-0.25, -0.2) is 58.3 Å². The summed E-state index contributed by atoms with van der Waals surface area (Å²) in [5, 5.41) is 33.3. The minimum atomic E-state index is -2.82. The third-order valence-electron chi connectivity index (χ3n) is 23.5. The average Bonchev–Trinajstić information content (AvgIpc) is 0.795. The van der Waals surface area contributed by atoms with Crippen molar-refractivity contribution in [2.75, 3.05) is 10.6 Å². The molecule has 0 spiro atoms. The van der Waals surface area contributed by atoms with E-state index in [1.54, 1.807) is 159 Å². The maximum atomic E-state index is 13.9. The number of ether oxygens (including phenoxy) is 5. The number of rotatable bonds is 19. The van der Waals surface area contributed by atoms with Crippen LogP contribution in [0.2, 0.25) is 0 Å². The standard InChI is InChI=1S/C25H29F2NO4.C21H21F2NO4.C19H24F2O3.C18H22F2O4.C15H16F2O3/c1-23(2,3)32-21(29)24(13-15-25(26,27)16-14-24)19-9-11-20(12-10-19)28-22(30)31-17-18-7-5-4-6-8-18;22-21(23)12-10-20(11-13-21,18(25)26)16-6-8-17(9-7-16)24-19(27)28-14-15-4-2-1-3-5-15;1-13(22)14-5-7-15(8-6-14)18(16(23)24-17(2,3)4)9-11-19(20,21)12-10-18;1-16(2,3)24-15(23)17(8-10-18(19,20)11-9-17)13-6-4-12(5-7-13)14(21)22;1-10(18)11-2-4-12(5-3-11)14(13(19)20)6-8-15(16,17)9-7-14/h4-12H,13-17H2,1-3H3,(H,28,30);1-9H,10-14H2,(H,24,27)(H,25,26);5-8H,9-12H2,1-4H3;4-7H,8-11H2,1-3H3,(H,21,22);2-5H,6-9H2,1H3,(H,19,20). The molecule has 0 atom stereocenters. The summed E-state index contributed by atoms with van der Waals surface area (Å²) in [4.78, 5) is 120. The Morgan fingerprint density at radius 2 is 0.492 bits per heavy atom. The van der Waals surface area contributed by atoms with Gasteiger partial charge in [0.15, 0.2) is 11.6 Å². The summed E-state index contributed by atoms with van der Waals surface area (Å²) in [6.07, 6.45) is -5.64. The summed E-state index contributed by atoms with van der Waals surface area (Å²) in [6.45, 7) is 18.9. The Kier molecular flexibility index (Phi) is 32.9. The Morgan fingerprint density at radius 1 is 0.289 bits per heavy atom. The zero-order valence-corrected chi connectivity index (χ0v) is 73.6. The van der Waals surface area contributed by atoms with Crippen LogP contribution in [0.5, 0.6) is 0 Å². The molecule has 7 aromatic rings. The Morgan fingerprint density at radius 3 is 0.695 bits per heavy atom. The highest BCUT2D eigenvalue weighted by Gasteiger charge is 2.55. The topological polar surface area (TPSA) is 302 Å². The molecule has 0 heterocycles. The van der Waals surface area contributed by atoms with Gasteiger partial charge in [-0.3, -0.25) is 44.2 Å². The van der Waals surface area contributed by atoms with Crippen molar-refractivity contribution in [2.24, 2.45) is 0 Å².